The standard InChI is InChI=1S/C11H14N2/c1-3-9-4-6-10-8-12-13(2)11(10)7-5-9/h4-5,7-8H,3,6H2,1-2H3. The van der Waals surface area contributed by atoms with Crippen molar-refractivity contribution in [3.63, 3.8) is 0 Å². The fourth-order valence-corrected chi connectivity index (χ4v) is 1.62. The average molecular weight is 174 g/mol. The number of hydrogen-bond acceptors (Lipinski definition) is 1. The smallest absolute Gasteiger partial charge is 0.0641 e. The monoisotopic (exact) mass is 174 g/mol. The van der Waals surface area contributed by atoms with Gasteiger partial charge in [0, 0.05) is 12.6 Å². The number of rotatable bonds is 1. The molecule has 0 aromatic carbocycles. The fraction of sp³-hybridized carbons (Fsp3) is 0.364. The molecule has 1 aromatic rings. The van der Waals surface area contributed by atoms with Crippen LogP contribution in [0.3, 0.4) is 0 Å². The molecule has 0 spiro atoms. The van der Waals surface area contributed by atoms with E-state index in [4.69, 9.17) is 0 Å². The Morgan fingerprint density at radius 1 is 1.46 bits per heavy atom. The first kappa shape index (κ1) is 8.30. The molecule has 13 heavy (non-hydrogen) atoms. The van der Waals surface area contributed by atoms with Gasteiger partial charge >= 0.3 is 0 Å². The van der Waals surface area contributed by atoms with Gasteiger partial charge in [0.1, 0.15) is 0 Å². The van der Waals surface area contributed by atoms with Crippen molar-refractivity contribution in [1.29, 1.82) is 0 Å². The number of hydrogen-bond donors (Lipinski definition) is 0. The van der Waals surface area contributed by atoms with Gasteiger partial charge in [0.25, 0.3) is 0 Å². The van der Waals surface area contributed by atoms with Crippen LogP contribution in [0.1, 0.15) is 24.6 Å². The number of allylic oxidation sites excluding steroid dienone is 3. The second kappa shape index (κ2) is 3.21. The maximum atomic E-state index is 4.23. The van der Waals surface area contributed by atoms with E-state index >= 15 is 0 Å². The Morgan fingerprint density at radius 2 is 2.31 bits per heavy atom. The zero-order valence-corrected chi connectivity index (χ0v) is 8.12. The summed E-state index contributed by atoms with van der Waals surface area (Å²) >= 11 is 0. The highest BCUT2D eigenvalue weighted by molar-refractivity contribution is 5.55. The molecule has 0 unspecified atom stereocenters. The quantitative estimate of drug-likeness (QED) is 0.639. The van der Waals surface area contributed by atoms with Crippen molar-refractivity contribution in [3.05, 3.63) is 35.2 Å². The molecule has 2 heteroatoms. The molecule has 0 aliphatic heterocycles. The topological polar surface area (TPSA) is 17.8 Å². The van der Waals surface area contributed by atoms with E-state index in [1.807, 2.05) is 17.9 Å². The molecular formula is C11H14N2. The van der Waals surface area contributed by atoms with Crippen molar-refractivity contribution >= 4 is 6.08 Å². The molecule has 0 fully saturated rings. The Bertz CT molecular complexity index is 369. The largest absolute Gasteiger partial charge is 0.268 e. The molecular weight excluding hydrogens is 160 g/mol. The van der Waals surface area contributed by atoms with Crippen LogP contribution in [0.4, 0.5) is 0 Å². The van der Waals surface area contributed by atoms with Crippen LogP contribution in [-0.2, 0) is 13.5 Å². The third kappa shape index (κ3) is 1.44. The van der Waals surface area contributed by atoms with Gasteiger partial charge in [-0.3, -0.25) is 4.68 Å². The highest BCUT2D eigenvalue weighted by atomic mass is 15.3. The Balaban J connectivity index is 2.40. The minimum absolute atomic E-state index is 1.01. The molecule has 0 radical (unpaired) electrons. The predicted octanol–water partition coefficient (Wildman–Crippen LogP) is 2.33. The molecule has 1 aliphatic rings. The molecule has 0 atom stereocenters. The zero-order chi connectivity index (χ0) is 9.26. The number of aromatic nitrogens is 2. The van der Waals surface area contributed by atoms with Gasteiger partial charge in [-0.1, -0.05) is 24.6 Å². The van der Waals surface area contributed by atoms with E-state index in [0.29, 0.717) is 0 Å². The van der Waals surface area contributed by atoms with Crippen molar-refractivity contribution < 1.29 is 0 Å². The maximum absolute atomic E-state index is 4.23. The SMILES string of the molecule is CCC1=CCc2cnn(C)c2C=C1. The van der Waals surface area contributed by atoms with Crippen molar-refractivity contribution in [2.24, 2.45) is 7.05 Å². The molecule has 0 N–H and O–H groups in total. The van der Waals surface area contributed by atoms with Crippen molar-refractivity contribution in [1.82, 2.24) is 9.78 Å². The van der Waals surface area contributed by atoms with E-state index < -0.39 is 0 Å². The molecule has 2 rings (SSSR count). The highest BCUT2D eigenvalue weighted by Gasteiger charge is 2.06. The van der Waals surface area contributed by atoms with Gasteiger partial charge in [0.2, 0.25) is 0 Å². The third-order valence-corrected chi connectivity index (χ3v) is 2.51. The minimum atomic E-state index is 1.01. The van der Waals surface area contributed by atoms with Crippen LogP contribution in [0, 0.1) is 0 Å². The molecule has 1 aliphatic carbocycles. The summed E-state index contributed by atoms with van der Waals surface area (Å²) in [5.74, 6) is 0. The lowest BCUT2D eigenvalue weighted by atomic mass is 10.1. The summed E-state index contributed by atoms with van der Waals surface area (Å²) in [6, 6.07) is 0. The van der Waals surface area contributed by atoms with Gasteiger partial charge in [-0.15, -0.1) is 0 Å². The zero-order valence-electron chi connectivity index (χ0n) is 8.12. The molecule has 1 aromatic heterocycles. The highest BCUT2D eigenvalue weighted by Crippen LogP contribution is 2.18. The Hall–Kier alpha value is -1.31. The maximum Gasteiger partial charge on any atom is 0.0641 e. The van der Waals surface area contributed by atoms with Crippen LogP contribution in [0.2, 0.25) is 0 Å². The molecule has 0 amide bonds. The van der Waals surface area contributed by atoms with Crippen LogP contribution in [0.15, 0.2) is 23.9 Å². The van der Waals surface area contributed by atoms with Gasteiger partial charge in [-0.25, -0.2) is 0 Å². The van der Waals surface area contributed by atoms with Crippen LogP contribution in [-0.4, -0.2) is 9.78 Å². The van der Waals surface area contributed by atoms with Crippen LogP contribution >= 0.6 is 0 Å². The summed E-state index contributed by atoms with van der Waals surface area (Å²) in [4.78, 5) is 0. The van der Waals surface area contributed by atoms with Crippen LogP contribution in [0.5, 0.6) is 0 Å². The second-order valence-corrected chi connectivity index (χ2v) is 3.35. The summed E-state index contributed by atoms with van der Waals surface area (Å²) in [6.45, 7) is 2.18. The second-order valence-electron chi connectivity index (χ2n) is 3.35. The van der Waals surface area contributed by atoms with E-state index in [1.165, 1.54) is 16.8 Å². The molecule has 0 bridgehead atoms. The normalized spacial score (nSPS) is 15.1. The van der Waals surface area contributed by atoms with Crippen molar-refractivity contribution in [2.75, 3.05) is 0 Å². The van der Waals surface area contributed by atoms with E-state index in [-0.39, 0.29) is 0 Å². The lowest BCUT2D eigenvalue weighted by Gasteiger charge is -1.95. The molecule has 68 valence electrons. The van der Waals surface area contributed by atoms with E-state index in [1.54, 1.807) is 0 Å². The van der Waals surface area contributed by atoms with Gasteiger partial charge < -0.3 is 0 Å². The lowest BCUT2D eigenvalue weighted by molar-refractivity contribution is 0.759. The Kier molecular flexibility index (Phi) is 2.05. The van der Waals surface area contributed by atoms with Gasteiger partial charge in [0.15, 0.2) is 0 Å². The summed E-state index contributed by atoms with van der Waals surface area (Å²) in [5.41, 5.74) is 3.97. The van der Waals surface area contributed by atoms with Crippen molar-refractivity contribution in [3.8, 4) is 0 Å². The van der Waals surface area contributed by atoms with Gasteiger partial charge in [-0.05, 0) is 18.9 Å². The van der Waals surface area contributed by atoms with E-state index in [9.17, 15) is 0 Å². The van der Waals surface area contributed by atoms with Crippen LogP contribution < -0.4 is 0 Å². The number of nitrogens with zero attached hydrogens (tertiary/aromatic N) is 2. The van der Waals surface area contributed by atoms with Gasteiger partial charge in [0.05, 0.1) is 11.9 Å². The summed E-state index contributed by atoms with van der Waals surface area (Å²) in [6.07, 6.45) is 10.7. The summed E-state index contributed by atoms with van der Waals surface area (Å²) < 4.78 is 1.93. The van der Waals surface area contributed by atoms with Gasteiger partial charge in [-0.2, -0.15) is 5.10 Å². The van der Waals surface area contributed by atoms with E-state index in [2.05, 4.69) is 30.3 Å². The first-order valence-electron chi connectivity index (χ1n) is 4.69. The molecule has 0 saturated heterocycles. The summed E-state index contributed by atoms with van der Waals surface area (Å²) in [5, 5.41) is 4.23. The average Bonchev–Trinajstić information content (AvgIpc) is 2.38. The Morgan fingerprint density at radius 3 is 3.08 bits per heavy atom. The number of aryl methyl sites for hydroxylation is 1. The van der Waals surface area contributed by atoms with E-state index in [0.717, 1.165) is 12.8 Å². The van der Waals surface area contributed by atoms with Crippen molar-refractivity contribution in [2.45, 2.75) is 19.8 Å². The lowest BCUT2D eigenvalue weighted by Crippen LogP contribution is -1.93. The minimum Gasteiger partial charge on any atom is -0.268 e. The number of fused-ring (bicyclic) bond motifs is 1. The fourth-order valence-electron chi connectivity index (χ4n) is 1.62. The predicted molar refractivity (Wildman–Crippen MR) is 54.3 cm³/mol. The molecule has 1 heterocycles. The molecule has 2 nitrogen and oxygen atoms in total. The third-order valence-electron chi connectivity index (χ3n) is 2.51. The molecule has 0 saturated carbocycles. The first-order valence-corrected chi connectivity index (χ1v) is 4.69. The Labute approximate surface area is 78.6 Å². The van der Waals surface area contributed by atoms with Crippen LogP contribution in [0.25, 0.3) is 6.08 Å². The summed E-state index contributed by atoms with van der Waals surface area (Å²) in [7, 11) is 1.99. The first-order chi connectivity index (χ1) is 6.31.